The molecule has 0 aromatic heterocycles. The van der Waals surface area contributed by atoms with Crippen LogP contribution in [-0.2, 0) is 11.3 Å². The van der Waals surface area contributed by atoms with Crippen LogP contribution in [0.5, 0.6) is 5.75 Å². The number of ether oxygens (including phenoxy) is 2. The second-order valence-electron chi connectivity index (χ2n) is 5.03. The van der Waals surface area contributed by atoms with E-state index in [0.29, 0.717) is 11.3 Å². The van der Waals surface area contributed by atoms with Crippen molar-refractivity contribution in [3.05, 3.63) is 29.3 Å². The Hall–Kier alpha value is -1.61. The van der Waals surface area contributed by atoms with Crippen molar-refractivity contribution in [1.82, 2.24) is 10.2 Å². The fourth-order valence-electron chi connectivity index (χ4n) is 2.32. The van der Waals surface area contributed by atoms with E-state index in [0.717, 1.165) is 38.3 Å². The molecule has 0 aliphatic carbocycles. The van der Waals surface area contributed by atoms with E-state index < -0.39 is 0 Å². The van der Waals surface area contributed by atoms with Crippen LogP contribution >= 0.6 is 0 Å². The van der Waals surface area contributed by atoms with E-state index in [-0.39, 0.29) is 6.10 Å². The average molecular weight is 275 g/mol. The monoisotopic (exact) mass is 275 g/mol. The number of likely N-dealkylation sites (N-methyl/N-ethyl adjacent to an activating group) is 1. The number of nitriles is 1. The van der Waals surface area contributed by atoms with Gasteiger partial charge in [0.1, 0.15) is 11.8 Å². The van der Waals surface area contributed by atoms with Gasteiger partial charge >= 0.3 is 0 Å². The largest absolute Gasteiger partial charge is 0.495 e. The zero-order chi connectivity index (χ0) is 14.4. The van der Waals surface area contributed by atoms with E-state index in [1.807, 2.05) is 18.2 Å². The van der Waals surface area contributed by atoms with Gasteiger partial charge < -0.3 is 19.7 Å². The quantitative estimate of drug-likeness (QED) is 0.868. The summed E-state index contributed by atoms with van der Waals surface area (Å²) in [6.07, 6.45) is 0.238. The zero-order valence-corrected chi connectivity index (χ0v) is 12.1. The van der Waals surface area contributed by atoms with Gasteiger partial charge in [-0.3, -0.25) is 0 Å². The molecule has 1 fully saturated rings. The van der Waals surface area contributed by atoms with Gasteiger partial charge in [0.2, 0.25) is 0 Å². The maximum atomic E-state index is 9.06. The molecule has 1 heterocycles. The molecule has 0 amide bonds. The molecule has 1 N–H and O–H groups in total. The molecule has 1 aliphatic heterocycles. The zero-order valence-electron chi connectivity index (χ0n) is 12.1. The highest BCUT2D eigenvalue weighted by atomic mass is 16.5. The molecular formula is C15H21N3O2. The van der Waals surface area contributed by atoms with Gasteiger partial charge in [0.15, 0.2) is 0 Å². The van der Waals surface area contributed by atoms with Gasteiger partial charge in [0.05, 0.1) is 25.4 Å². The molecule has 1 aromatic rings. The van der Waals surface area contributed by atoms with Crippen LogP contribution in [0.4, 0.5) is 0 Å². The van der Waals surface area contributed by atoms with Gasteiger partial charge in [0.25, 0.3) is 0 Å². The number of nitrogens with one attached hydrogen (secondary N) is 1. The Bertz CT molecular complexity index is 484. The summed E-state index contributed by atoms with van der Waals surface area (Å²) >= 11 is 0. The SMILES string of the molecule is COc1ccc(CNC[C@H]2CN(C)CCO2)cc1C#N. The van der Waals surface area contributed by atoms with Gasteiger partial charge in [-0.2, -0.15) is 5.26 Å². The molecule has 1 aliphatic rings. The summed E-state index contributed by atoms with van der Waals surface area (Å²) in [5.74, 6) is 0.619. The van der Waals surface area contributed by atoms with Crippen LogP contribution < -0.4 is 10.1 Å². The summed E-state index contributed by atoms with van der Waals surface area (Å²) in [5, 5.41) is 12.4. The Morgan fingerprint density at radius 2 is 2.40 bits per heavy atom. The second kappa shape index (κ2) is 7.25. The molecule has 0 saturated carbocycles. The molecule has 20 heavy (non-hydrogen) atoms. The van der Waals surface area contributed by atoms with E-state index in [1.54, 1.807) is 7.11 Å². The second-order valence-corrected chi connectivity index (χ2v) is 5.03. The normalized spacial score (nSPS) is 19.6. The molecule has 1 atom stereocenters. The first kappa shape index (κ1) is 14.8. The standard InChI is InChI=1S/C15H21N3O2/c1-18-5-6-20-14(11-18)10-17-9-12-3-4-15(19-2)13(7-12)8-16/h3-4,7,14,17H,5-6,9-11H2,1-2H3/t14-/m0/s1. The summed E-state index contributed by atoms with van der Waals surface area (Å²) in [6, 6.07) is 7.82. The average Bonchev–Trinajstić information content (AvgIpc) is 2.47. The number of hydrogen-bond acceptors (Lipinski definition) is 5. The first-order valence-electron chi connectivity index (χ1n) is 6.81. The lowest BCUT2D eigenvalue weighted by Crippen LogP contribution is -2.44. The Kier molecular flexibility index (Phi) is 5.36. The number of rotatable bonds is 5. The van der Waals surface area contributed by atoms with E-state index in [1.165, 1.54) is 0 Å². The topological polar surface area (TPSA) is 57.5 Å². The maximum Gasteiger partial charge on any atom is 0.136 e. The Morgan fingerprint density at radius 1 is 1.55 bits per heavy atom. The summed E-state index contributed by atoms with van der Waals surface area (Å²) in [5.41, 5.74) is 1.65. The van der Waals surface area contributed by atoms with Crippen LogP contribution in [0.2, 0.25) is 0 Å². The third-order valence-corrected chi connectivity index (χ3v) is 3.43. The Labute approximate surface area is 120 Å². The van der Waals surface area contributed by atoms with Gasteiger partial charge in [0, 0.05) is 26.2 Å². The fourth-order valence-corrected chi connectivity index (χ4v) is 2.32. The van der Waals surface area contributed by atoms with E-state index in [4.69, 9.17) is 14.7 Å². The lowest BCUT2D eigenvalue weighted by molar-refractivity contribution is -0.0182. The molecule has 0 radical (unpaired) electrons. The summed E-state index contributed by atoms with van der Waals surface area (Å²) in [6.45, 7) is 4.30. The molecule has 5 heteroatoms. The third kappa shape index (κ3) is 3.94. The van der Waals surface area contributed by atoms with Crippen molar-refractivity contribution in [2.75, 3.05) is 40.4 Å². The maximum absolute atomic E-state index is 9.06. The molecule has 0 spiro atoms. The van der Waals surface area contributed by atoms with Crippen LogP contribution in [0.15, 0.2) is 18.2 Å². The van der Waals surface area contributed by atoms with Gasteiger partial charge in [-0.15, -0.1) is 0 Å². The predicted molar refractivity (Wildman–Crippen MR) is 76.7 cm³/mol. The summed E-state index contributed by atoms with van der Waals surface area (Å²) in [7, 11) is 3.68. The smallest absolute Gasteiger partial charge is 0.136 e. The molecule has 5 nitrogen and oxygen atoms in total. The van der Waals surface area contributed by atoms with Crippen molar-refractivity contribution in [2.45, 2.75) is 12.6 Å². The molecule has 1 saturated heterocycles. The highest BCUT2D eigenvalue weighted by Crippen LogP contribution is 2.18. The highest BCUT2D eigenvalue weighted by molar-refractivity contribution is 5.45. The number of methoxy groups -OCH3 is 1. The van der Waals surface area contributed by atoms with E-state index in [2.05, 4.69) is 23.3 Å². The minimum Gasteiger partial charge on any atom is -0.495 e. The summed E-state index contributed by atoms with van der Waals surface area (Å²) in [4.78, 5) is 2.27. The minimum absolute atomic E-state index is 0.238. The Morgan fingerprint density at radius 3 is 3.10 bits per heavy atom. The van der Waals surface area contributed by atoms with Crippen LogP contribution in [0.25, 0.3) is 0 Å². The molecule has 0 bridgehead atoms. The van der Waals surface area contributed by atoms with Gasteiger partial charge in [-0.25, -0.2) is 0 Å². The number of morpholine rings is 1. The molecule has 2 rings (SSSR count). The van der Waals surface area contributed by atoms with Crippen molar-refractivity contribution in [2.24, 2.45) is 0 Å². The van der Waals surface area contributed by atoms with Crippen LogP contribution in [0.1, 0.15) is 11.1 Å². The number of hydrogen-bond donors (Lipinski definition) is 1. The minimum atomic E-state index is 0.238. The predicted octanol–water partition coefficient (Wildman–Crippen LogP) is 0.987. The van der Waals surface area contributed by atoms with Crippen molar-refractivity contribution in [1.29, 1.82) is 5.26 Å². The lowest BCUT2D eigenvalue weighted by Gasteiger charge is -2.30. The van der Waals surface area contributed by atoms with Crippen LogP contribution in [-0.4, -0.2) is 51.4 Å². The van der Waals surface area contributed by atoms with Crippen molar-refractivity contribution < 1.29 is 9.47 Å². The van der Waals surface area contributed by atoms with Crippen LogP contribution in [0.3, 0.4) is 0 Å². The lowest BCUT2D eigenvalue weighted by atomic mass is 10.1. The number of nitrogens with zero attached hydrogens (tertiary/aromatic N) is 2. The van der Waals surface area contributed by atoms with Crippen molar-refractivity contribution >= 4 is 0 Å². The highest BCUT2D eigenvalue weighted by Gasteiger charge is 2.16. The Balaban J connectivity index is 1.83. The first-order chi connectivity index (χ1) is 9.72. The van der Waals surface area contributed by atoms with E-state index in [9.17, 15) is 0 Å². The number of benzene rings is 1. The van der Waals surface area contributed by atoms with Crippen molar-refractivity contribution in [3.8, 4) is 11.8 Å². The van der Waals surface area contributed by atoms with E-state index >= 15 is 0 Å². The molecule has 0 unspecified atom stereocenters. The van der Waals surface area contributed by atoms with Crippen LogP contribution in [0, 0.1) is 11.3 Å². The molecule has 108 valence electrons. The van der Waals surface area contributed by atoms with Crippen molar-refractivity contribution in [3.63, 3.8) is 0 Å². The first-order valence-corrected chi connectivity index (χ1v) is 6.81. The molecular weight excluding hydrogens is 254 g/mol. The molecule has 1 aromatic carbocycles. The third-order valence-electron chi connectivity index (χ3n) is 3.43. The summed E-state index contributed by atoms with van der Waals surface area (Å²) < 4.78 is 10.8. The van der Waals surface area contributed by atoms with Gasteiger partial charge in [-0.1, -0.05) is 6.07 Å². The fraction of sp³-hybridized carbons (Fsp3) is 0.533. The van der Waals surface area contributed by atoms with Gasteiger partial charge in [-0.05, 0) is 24.7 Å².